The molecule has 2 aliphatic heterocycles. The summed E-state index contributed by atoms with van der Waals surface area (Å²) in [5.41, 5.74) is 1.57. The molecule has 3 heterocycles. The highest BCUT2D eigenvalue weighted by atomic mass is 16.1. The summed E-state index contributed by atoms with van der Waals surface area (Å²) in [5, 5.41) is 10.3. The number of hydrogen-bond donors (Lipinski definition) is 2. The van der Waals surface area contributed by atoms with Gasteiger partial charge in [0.15, 0.2) is 0 Å². The van der Waals surface area contributed by atoms with Crippen molar-refractivity contribution in [3.05, 3.63) is 17.5 Å². The van der Waals surface area contributed by atoms with E-state index in [9.17, 15) is 4.79 Å². The van der Waals surface area contributed by atoms with Gasteiger partial charge < -0.3 is 10.2 Å². The summed E-state index contributed by atoms with van der Waals surface area (Å²) < 4.78 is 0. The molecule has 1 aromatic rings. The molecule has 0 spiro atoms. The summed E-state index contributed by atoms with van der Waals surface area (Å²) in [6, 6.07) is 2.57. The molecule has 3 rings (SSSR count). The average Bonchev–Trinajstić information content (AvgIpc) is 3.00. The van der Waals surface area contributed by atoms with Gasteiger partial charge in [0.2, 0.25) is 0 Å². The van der Waals surface area contributed by atoms with Crippen molar-refractivity contribution >= 4 is 5.91 Å². The van der Waals surface area contributed by atoms with Crippen molar-refractivity contribution in [1.82, 2.24) is 20.4 Å². The van der Waals surface area contributed by atoms with Crippen molar-refractivity contribution in [2.24, 2.45) is 11.8 Å². The van der Waals surface area contributed by atoms with Gasteiger partial charge in [-0.2, -0.15) is 5.10 Å². The van der Waals surface area contributed by atoms with Crippen molar-refractivity contribution in [2.75, 3.05) is 19.6 Å². The standard InChI is InChI=1S/C18H30N4O/c1-13(2)10-15-11-16(21-20-15)18(23)19-12-14-6-5-9-22-8-4-3-7-17(14)22/h11,13-14,17H,3-10,12H2,1-2H3,(H,19,23)(H,20,21)/t14-,17+/m0/s1. The molecule has 5 nitrogen and oxygen atoms in total. The lowest BCUT2D eigenvalue weighted by Gasteiger charge is -2.44. The molecular weight excluding hydrogens is 288 g/mol. The molecule has 5 heteroatoms. The molecule has 2 N–H and O–H groups in total. The van der Waals surface area contributed by atoms with Crippen LogP contribution >= 0.6 is 0 Å². The Hall–Kier alpha value is -1.36. The zero-order valence-electron chi connectivity index (χ0n) is 14.5. The molecule has 0 aromatic carbocycles. The van der Waals surface area contributed by atoms with Gasteiger partial charge in [0.1, 0.15) is 5.69 Å². The van der Waals surface area contributed by atoms with E-state index in [0.717, 1.165) is 18.7 Å². The number of H-pyrrole nitrogens is 1. The molecule has 2 saturated heterocycles. The highest BCUT2D eigenvalue weighted by Gasteiger charge is 2.33. The molecule has 23 heavy (non-hydrogen) atoms. The Balaban J connectivity index is 1.52. The van der Waals surface area contributed by atoms with Gasteiger partial charge in [-0.1, -0.05) is 20.3 Å². The van der Waals surface area contributed by atoms with Crippen LogP contribution in [-0.2, 0) is 6.42 Å². The highest BCUT2D eigenvalue weighted by molar-refractivity contribution is 5.92. The topological polar surface area (TPSA) is 61.0 Å². The second-order valence-corrected chi connectivity index (χ2v) is 7.59. The lowest BCUT2D eigenvalue weighted by Crippen LogP contribution is -2.51. The quantitative estimate of drug-likeness (QED) is 0.877. The van der Waals surface area contributed by atoms with Crippen molar-refractivity contribution in [1.29, 1.82) is 0 Å². The number of hydrogen-bond acceptors (Lipinski definition) is 3. The Morgan fingerprint density at radius 3 is 3.00 bits per heavy atom. The van der Waals surface area contributed by atoms with E-state index in [2.05, 4.69) is 34.3 Å². The number of piperidine rings is 2. The van der Waals surface area contributed by atoms with Crippen LogP contribution in [0.15, 0.2) is 6.07 Å². The van der Waals surface area contributed by atoms with Crippen molar-refractivity contribution in [3.63, 3.8) is 0 Å². The number of fused-ring (bicyclic) bond motifs is 1. The third-order valence-electron chi connectivity index (χ3n) is 5.25. The predicted octanol–water partition coefficient (Wildman–Crippen LogP) is 2.60. The largest absolute Gasteiger partial charge is 0.350 e. The minimum atomic E-state index is -0.0378. The van der Waals surface area contributed by atoms with Gasteiger partial charge in [-0.25, -0.2) is 0 Å². The van der Waals surface area contributed by atoms with Crippen LogP contribution in [-0.4, -0.2) is 46.7 Å². The van der Waals surface area contributed by atoms with E-state index in [0.29, 0.717) is 23.6 Å². The fourth-order valence-corrected chi connectivity index (χ4v) is 4.15. The molecule has 2 atom stereocenters. The maximum absolute atomic E-state index is 12.3. The lowest BCUT2D eigenvalue weighted by molar-refractivity contribution is 0.0575. The van der Waals surface area contributed by atoms with Crippen LogP contribution < -0.4 is 5.32 Å². The Bertz CT molecular complexity index is 523. The number of amides is 1. The van der Waals surface area contributed by atoms with Crippen molar-refractivity contribution in [2.45, 2.75) is 58.4 Å². The molecule has 128 valence electrons. The summed E-state index contributed by atoms with van der Waals surface area (Å²) in [7, 11) is 0. The van der Waals surface area contributed by atoms with E-state index in [1.807, 2.05) is 6.07 Å². The van der Waals surface area contributed by atoms with Crippen LogP contribution in [0.25, 0.3) is 0 Å². The Morgan fingerprint density at radius 2 is 2.17 bits per heavy atom. The van der Waals surface area contributed by atoms with E-state index in [4.69, 9.17) is 0 Å². The first-order valence-corrected chi connectivity index (χ1v) is 9.20. The monoisotopic (exact) mass is 318 g/mol. The van der Waals surface area contributed by atoms with Gasteiger partial charge in [0, 0.05) is 18.3 Å². The van der Waals surface area contributed by atoms with Gasteiger partial charge in [0.25, 0.3) is 5.91 Å². The average molecular weight is 318 g/mol. The highest BCUT2D eigenvalue weighted by Crippen LogP contribution is 2.30. The first-order chi connectivity index (χ1) is 11.1. The van der Waals surface area contributed by atoms with Gasteiger partial charge in [-0.3, -0.25) is 9.89 Å². The molecule has 1 aromatic heterocycles. The molecule has 0 bridgehead atoms. The lowest BCUT2D eigenvalue weighted by atomic mass is 9.83. The third kappa shape index (κ3) is 4.14. The number of carbonyl (C=O) groups is 1. The number of rotatable bonds is 5. The summed E-state index contributed by atoms with van der Waals surface area (Å²) >= 11 is 0. The number of nitrogens with zero attached hydrogens (tertiary/aromatic N) is 2. The van der Waals surface area contributed by atoms with Crippen LogP contribution in [0.2, 0.25) is 0 Å². The molecule has 2 aliphatic rings. The minimum Gasteiger partial charge on any atom is -0.350 e. The maximum atomic E-state index is 12.3. The second kappa shape index (κ2) is 7.47. The first-order valence-electron chi connectivity index (χ1n) is 9.20. The van der Waals surface area contributed by atoms with Gasteiger partial charge in [-0.15, -0.1) is 0 Å². The molecule has 0 aliphatic carbocycles. The molecule has 2 fully saturated rings. The third-order valence-corrected chi connectivity index (χ3v) is 5.25. The Morgan fingerprint density at radius 1 is 1.35 bits per heavy atom. The fraction of sp³-hybridized carbons (Fsp3) is 0.778. The zero-order valence-corrected chi connectivity index (χ0v) is 14.5. The number of aromatic amines is 1. The second-order valence-electron chi connectivity index (χ2n) is 7.59. The summed E-state index contributed by atoms with van der Waals surface area (Å²) in [6.07, 6.45) is 7.39. The zero-order chi connectivity index (χ0) is 16.2. The summed E-state index contributed by atoms with van der Waals surface area (Å²) in [6.45, 7) is 7.60. The van der Waals surface area contributed by atoms with Gasteiger partial charge in [-0.05, 0) is 63.1 Å². The summed E-state index contributed by atoms with van der Waals surface area (Å²) in [5.74, 6) is 1.12. The van der Waals surface area contributed by atoms with Crippen LogP contribution in [0.1, 0.15) is 62.1 Å². The SMILES string of the molecule is CC(C)Cc1cc(C(=O)NC[C@@H]2CCCN3CCCC[C@H]23)n[nH]1. The van der Waals surface area contributed by atoms with E-state index in [1.54, 1.807) is 0 Å². The Labute approximate surface area is 139 Å². The van der Waals surface area contributed by atoms with Crippen LogP contribution in [0, 0.1) is 11.8 Å². The molecular formula is C18H30N4O. The Kier molecular flexibility index (Phi) is 5.36. The molecule has 0 saturated carbocycles. The minimum absolute atomic E-state index is 0.0378. The predicted molar refractivity (Wildman–Crippen MR) is 91.4 cm³/mol. The van der Waals surface area contributed by atoms with E-state index in [1.165, 1.54) is 45.2 Å². The molecule has 0 unspecified atom stereocenters. The van der Waals surface area contributed by atoms with Gasteiger partial charge in [0.05, 0.1) is 0 Å². The van der Waals surface area contributed by atoms with Crippen molar-refractivity contribution < 1.29 is 4.79 Å². The molecule has 0 radical (unpaired) electrons. The van der Waals surface area contributed by atoms with E-state index in [-0.39, 0.29) is 5.91 Å². The maximum Gasteiger partial charge on any atom is 0.271 e. The number of carbonyl (C=O) groups excluding carboxylic acids is 1. The van der Waals surface area contributed by atoms with Crippen molar-refractivity contribution in [3.8, 4) is 0 Å². The normalized spacial score (nSPS) is 25.3. The molecule has 1 amide bonds. The smallest absolute Gasteiger partial charge is 0.271 e. The summed E-state index contributed by atoms with van der Waals surface area (Å²) in [4.78, 5) is 15.0. The number of nitrogens with one attached hydrogen (secondary N) is 2. The first kappa shape index (κ1) is 16.5. The fourth-order valence-electron chi connectivity index (χ4n) is 4.15. The van der Waals surface area contributed by atoms with E-state index >= 15 is 0 Å². The van der Waals surface area contributed by atoms with Crippen LogP contribution in [0.5, 0.6) is 0 Å². The van der Waals surface area contributed by atoms with E-state index < -0.39 is 0 Å². The van der Waals surface area contributed by atoms with Crippen LogP contribution in [0.4, 0.5) is 0 Å². The van der Waals surface area contributed by atoms with Gasteiger partial charge >= 0.3 is 0 Å². The van der Waals surface area contributed by atoms with Crippen LogP contribution in [0.3, 0.4) is 0 Å². The number of aromatic nitrogens is 2.